The molecule has 0 aliphatic rings. The Morgan fingerprint density at radius 1 is 1.05 bits per heavy atom. The summed E-state index contributed by atoms with van der Waals surface area (Å²) in [4.78, 5) is 0. The Bertz CT molecular complexity index is 544. The molecule has 0 saturated carbocycles. The molecular weight excluding hydrogens is 232 g/mol. The third kappa shape index (κ3) is 3.03. The number of hydrogen-bond donors (Lipinski definition) is 2. The summed E-state index contributed by atoms with van der Waals surface area (Å²) in [5.41, 5.74) is 12.0. The van der Waals surface area contributed by atoms with Gasteiger partial charge in [0.05, 0.1) is 6.04 Å². The van der Waals surface area contributed by atoms with Crippen LogP contribution < -0.4 is 11.1 Å². The fourth-order valence-corrected chi connectivity index (χ4v) is 2.42. The normalized spacial score (nSPS) is 12.4. The topological polar surface area (TPSA) is 38.0 Å². The molecule has 0 bridgehead atoms. The summed E-state index contributed by atoms with van der Waals surface area (Å²) in [7, 11) is 2.00. The van der Waals surface area contributed by atoms with E-state index in [4.69, 9.17) is 5.73 Å². The van der Waals surface area contributed by atoms with Crippen molar-refractivity contribution in [3.8, 4) is 0 Å². The quantitative estimate of drug-likeness (QED) is 0.880. The molecule has 0 amide bonds. The van der Waals surface area contributed by atoms with E-state index in [1.807, 2.05) is 7.05 Å². The third-order valence-electron chi connectivity index (χ3n) is 3.58. The monoisotopic (exact) mass is 254 g/mol. The number of nitrogens with one attached hydrogen (secondary N) is 1. The van der Waals surface area contributed by atoms with Crippen molar-refractivity contribution < 1.29 is 0 Å². The maximum Gasteiger partial charge on any atom is 0.0576 e. The van der Waals surface area contributed by atoms with Crippen molar-refractivity contribution in [1.29, 1.82) is 0 Å². The van der Waals surface area contributed by atoms with Crippen LogP contribution in [0.15, 0.2) is 42.5 Å². The number of hydrogen-bond acceptors (Lipinski definition) is 2. The van der Waals surface area contributed by atoms with Gasteiger partial charge in [0.2, 0.25) is 0 Å². The second-order valence-corrected chi connectivity index (χ2v) is 5.03. The van der Waals surface area contributed by atoms with Gasteiger partial charge in [-0.2, -0.15) is 0 Å². The average Bonchev–Trinajstić information content (AvgIpc) is 2.44. The van der Waals surface area contributed by atoms with Gasteiger partial charge in [-0.25, -0.2) is 0 Å². The molecule has 0 saturated heterocycles. The van der Waals surface area contributed by atoms with Crippen LogP contribution in [0.5, 0.6) is 0 Å². The molecule has 0 spiro atoms. The Morgan fingerprint density at radius 3 is 2.32 bits per heavy atom. The van der Waals surface area contributed by atoms with Crippen LogP contribution in [-0.2, 0) is 6.54 Å². The van der Waals surface area contributed by atoms with Crippen LogP contribution in [0.4, 0.5) is 0 Å². The summed E-state index contributed by atoms with van der Waals surface area (Å²) in [5, 5.41) is 3.41. The molecule has 0 aromatic heterocycles. The molecule has 0 aliphatic carbocycles. The van der Waals surface area contributed by atoms with Crippen LogP contribution >= 0.6 is 0 Å². The lowest BCUT2D eigenvalue weighted by Crippen LogP contribution is -2.19. The molecule has 0 fully saturated rings. The van der Waals surface area contributed by atoms with Crippen molar-refractivity contribution >= 4 is 0 Å². The number of benzene rings is 2. The standard InChI is InChI=1S/C17H22N2/c1-12-4-5-13(2)16(10-12)17(19-3)15-8-6-14(11-18)7-9-15/h4-10,17,19H,11,18H2,1-3H3. The number of aryl methyl sites for hydroxylation is 2. The zero-order valence-electron chi connectivity index (χ0n) is 11.9. The van der Waals surface area contributed by atoms with Gasteiger partial charge in [-0.3, -0.25) is 0 Å². The smallest absolute Gasteiger partial charge is 0.0576 e. The summed E-state index contributed by atoms with van der Waals surface area (Å²) in [6.07, 6.45) is 0. The zero-order chi connectivity index (χ0) is 13.8. The molecule has 2 rings (SSSR count). The molecule has 2 heteroatoms. The molecule has 1 atom stereocenters. The lowest BCUT2D eigenvalue weighted by molar-refractivity contribution is 0.686. The van der Waals surface area contributed by atoms with Gasteiger partial charge in [-0.05, 0) is 43.1 Å². The van der Waals surface area contributed by atoms with Gasteiger partial charge < -0.3 is 11.1 Å². The van der Waals surface area contributed by atoms with Crippen molar-refractivity contribution in [2.45, 2.75) is 26.4 Å². The highest BCUT2D eigenvalue weighted by Crippen LogP contribution is 2.25. The number of rotatable bonds is 4. The summed E-state index contributed by atoms with van der Waals surface area (Å²) in [6, 6.07) is 15.3. The van der Waals surface area contributed by atoms with E-state index in [0.717, 1.165) is 0 Å². The summed E-state index contributed by atoms with van der Waals surface area (Å²) < 4.78 is 0. The average molecular weight is 254 g/mol. The Balaban J connectivity index is 2.40. The van der Waals surface area contributed by atoms with Crippen molar-refractivity contribution in [2.24, 2.45) is 5.73 Å². The van der Waals surface area contributed by atoms with E-state index in [1.54, 1.807) is 0 Å². The van der Waals surface area contributed by atoms with Gasteiger partial charge in [0.1, 0.15) is 0 Å². The van der Waals surface area contributed by atoms with Crippen LogP contribution in [0, 0.1) is 13.8 Å². The van der Waals surface area contributed by atoms with Crippen LogP contribution in [0.1, 0.15) is 33.9 Å². The van der Waals surface area contributed by atoms with Gasteiger partial charge in [-0.1, -0.05) is 48.0 Å². The van der Waals surface area contributed by atoms with Crippen molar-refractivity contribution in [2.75, 3.05) is 7.05 Å². The second-order valence-electron chi connectivity index (χ2n) is 5.03. The maximum absolute atomic E-state index is 5.65. The highest BCUT2D eigenvalue weighted by molar-refractivity contribution is 5.39. The maximum atomic E-state index is 5.65. The minimum absolute atomic E-state index is 0.228. The van der Waals surface area contributed by atoms with Crippen LogP contribution in [-0.4, -0.2) is 7.05 Å². The Labute approximate surface area is 115 Å². The van der Waals surface area contributed by atoms with E-state index < -0.39 is 0 Å². The van der Waals surface area contributed by atoms with Crippen molar-refractivity contribution in [3.05, 3.63) is 70.3 Å². The van der Waals surface area contributed by atoms with Gasteiger partial charge in [0.25, 0.3) is 0 Å². The lowest BCUT2D eigenvalue weighted by atomic mass is 9.93. The molecule has 3 N–H and O–H groups in total. The van der Waals surface area contributed by atoms with Crippen LogP contribution in [0.2, 0.25) is 0 Å². The van der Waals surface area contributed by atoms with Gasteiger partial charge in [-0.15, -0.1) is 0 Å². The summed E-state index contributed by atoms with van der Waals surface area (Å²) >= 11 is 0. The van der Waals surface area contributed by atoms with Gasteiger partial charge in [0.15, 0.2) is 0 Å². The molecule has 2 aromatic rings. The molecule has 0 heterocycles. The highest BCUT2D eigenvalue weighted by Gasteiger charge is 2.14. The zero-order valence-corrected chi connectivity index (χ0v) is 11.9. The largest absolute Gasteiger partial charge is 0.326 e. The fourth-order valence-electron chi connectivity index (χ4n) is 2.42. The lowest BCUT2D eigenvalue weighted by Gasteiger charge is -2.20. The molecule has 100 valence electrons. The van der Waals surface area contributed by atoms with Crippen molar-refractivity contribution in [3.63, 3.8) is 0 Å². The number of nitrogens with two attached hydrogens (primary N) is 1. The first-order chi connectivity index (χ1) is 9.15. The van der Waals surface area contributed by atoms with Crippen molar-refractivity contribution in [1.82, 2.24) is 5.32 Å². The van der Waals surface area contributed by atoms with E-state index in [0.29, 0.717) is 6.54 Å². The third-order valence-corrected chi connectivity index (χ3v) is 3.58. The second kappa shape index (κ2) is 6.00. The van der Waals surface area contributed by atoms with E-state index in [9.17, 15) is 0 Å². The van der Waals surface area contributed by atoms with Crippen LogP contribution in [0.25, 0.3) is 0 Å². The predicted molar refractivity (Wildman–Crippen MR) is 81.2 cm³/mol. The molecule has 0 aliphatic heterocycles. The molecule has 2 nitrogen and oxygen atoms in total. The van der Waals surface area contributed by atoms with Crippen LogP contribution in [0.3, 0.4) is 0 Å². The molecule has 1 unspecified atom stereocenters. The first kappa shape index (κ1) is 13.8. The minimum atomic E-state index is 0.228. The van der Waals surface area contributed by atoms with Gasteiger partial charge >= 0.3 is 0 Å². The molecule has 2 aromatic carbocycles. The highest BCUT2D eigenvalue weighted by atomic mass is 14.9. The van der Waals surface area contributed by atoms with E-state index in [-0.39, 0.29) is 6.04 Å². The summed E-state index contributed by atoms with van der Waals surface area (Å²) in [5.74, 6) is 0. The Morgan fingerprint density at radius 2 is 1.74 bits per heavy atom. The van der Waals surface area contributed by atoms with E-state index in [2.05, 4.69) is 61.6 Å². The minimum Gasteiger partial charge on any atom is -0.326 e. The fraction of sp³-hybridized carbons (Fsp3) is 0.294. The molecular formula is C17H22N2. The van der Waals surface area contributed by atoms with Gasteiger partial charge in [0, 0.05) is 6.54 Å². The Kier molecular flexibility index (Phi) is 4.35. The molecule has 19 heavy (non-hydrogen) atoms. The van der Waals surface area contributed by atoms with E-state index >= 15 is 0 Å². The Hall–Kier alpha value is -1.64. The predicted octanol–water partition coefficient (Wildman–Crippen LogP) is 3.07. The first-order valence-corrected chi connectivity index (χ1v) is 6.69. The SMILES string of the molecule is CNC(c1ccc(CN)cc1)c1cc(C)ccc1C. The van der Waals surface area contributed by atoms with E-state index in [1.165, 1.54) is 27.8 Å². The summed E-state index contributed by atoms with van der Waals surface area (Å²) in [6.45, 7) is 4.88. The first-order valence-electron chi connectivity index (χ1n) is 6.69. The molecule has 0 radical (unpaired) electrons.